The molecule has 3 aromatic carbocycles. The van der Waals surface area contributed by atoms with Gasteiger partial charge in [0.2, 0.25) is 5.91 Å². The van der Waals surface area contributed by atoms with Gasteiger partial charge in [-0.2, -0.15) is 5.26 Å². The molecule has 34 heavy (non-hydrogen) atoms. The Kier molecular flexibility index (Phi) is 7.50. The predicted octanol–water partition coefficient (Wildman–Crippen LogP) is 6.71. The van der Waals surface area contributed by atoms with Crippen LogP contribution in [0.2, 0.25) is 15.1 Å². The number of carbonyl (C=O) groups is 2. The van der Waals surface area contributed by atoms with Gasteiger partial charge in [-0.15, -0.1) is 0 Å². The summed E-state index contributed by atoms with van der Waals surface area (Å²) >= 11 is 19.3. The van der Waals surface area contributed by atoms with Gasteiger partial charge >= 0.3 is 0 Å². The standard InChI is InChI=1S/C25H16Cl3N3O2S/c26-16-5-4-6-17(13-16)30-23(32)19(14-29)25-31(18-7-2-1-3-8-18)24(33)22(34-25)12-15-9-10-20(27)21(28)11-15/h1-11,13,22H,12H2,(H,30,32)/b25-19-. The molecule has 1 saturated heterocycles. The Morgan fingerprint density at radius 3 is 2.44 bits per heavy atom. The third kappa shape index (κ3) is 5.24. The molecule has 0 bridgehead atoms. The van der Waals surface area contributed by atoms with Crippen molar-refractivity contribution in [3.8, 4) is 6.07 Å². The van der Waals surface area contributed by atoms with Crippen LogP contribution in [0.25, 0.3) is 0 Å². The van der Waals surface area contributed by atoms with Gasteiger partial charge in [-0.05, 0) is 54.4 Å². The Morgan fingerprint density at radius 2 is 1.76 bits per heavy atom. The van der Waals surface area contributed by atoms with E-state index in [9.17, 15) is 14.9 Å². The molecule has 5 nitrogen and oxygen atoms in total. The van der Waals surface area contributed by atoms with Crippen molar-refractivity contribution in [1.82, 2.24) is 0 Å². The fraction of sp³-hybridized carbons (Fsp3) is 0.0800. The van der Waals surface area contributed by atoms with Crippen LogP contribution < -0.4 is 10.2 Å². The van der Waals surface area contributed by atoms with Crippen LogP contribution in [-0.4, -0.2) is 17.1 Å². The van der Waals surface area contributed by atoms with Crippen molar-refractivity contribution in [3.05, 3.63) is 104 Å². The highest BCUT2D eigenvalue weighted by atomic mass is 35.5. The molecule has 0 spiro atoms. The summed E-state index contributed by atoms with van der Waals surface area (Å²) in [5.41, 5.74) is 1.66. The van der Waals surface area contributed by atoms with Crippen LogP contribution in [0.3, 0.4) is 0 Å². The van der Waals surface area contributed by atoms with E-state index in [4.69, 9.17) is 34.8 Å². The van der Waals surface area contributed by atoms with Gasteiger partial charge in [-0.3, -0.25) is 14.5 Å². The SMILES string of the molecule is N#C/C(C(=O)Nc1cccc(Cl)c1)=C1/SC(Cc2ccc(Cl)c(Cl)c2)C(=O)N1c1ccccc1. The van der Waals surface area contributed by atoms with Crippen molar-refractivity contribution in [2.45, 2.75) is 11.7 Å². The number of nitrogens with zero attached hydrogens (tertiary/aromatic N) is 2. The minimum absolute atomic E-state index is 0.168. The zero-order chi connectivity index (χ0) is 24.2. The number of nitrogens with one attached hydrogen (secondary N) is 1. The molecule has 1 unspecified atom stereocenters. The number of anilines is 2. The Labute approximate surface area is 215 Å². The van der Waals surface area contributed by atoms with E-state index in [2.05, 4.69) is 5.32 Å². The number of thioether (sulfide) groups is 1. The highest BCUT2D eigenvalue weighted by Crippen LogP contribution is 2.42. The lowest BCUT2D eigenvalue weighted by Gasteiger charge is -2.18. The van der Waals surface area contributed by atoms with Gasteiger partial charge in [-0.1, -0.05) is 76.9 Å². The largest absolute Gasteiger partial charge is 0.321 e. The van der Waals surface area contributed by atoms with E-state index < -0.39 is 11.2 Å². The smallest absolute Gasteiger partial charge is 0.269 e. The van der Waals surface area contributed by atoms with Crippen LogP contribution in [0.4, 0.5) is 11.4 Å². The van der Waals surface area contributed by atoms with Gasteiger partial charge in [-0.25, -0.2) is 0 Å². The average Bonchev–Trinajstić information content (AvgIpc) is 3.13. The summed E-state index contributed by atoms with van der Waals surface area (Å²) in [4.78, 5) is 27.9. The first kappa shape index (κ1) is 24.2. The fourth-order valence-electron chi connectivity index (χ4n) is 3.44. The maximum Gasteiger partial charge on any atom is 0.269 e. The molecule has 0 aromatic heterocycles. The average molecular weight is 529 g/mol. The Morgan fingerprint density at radius 1 is 1.00 bits per heavy atom. The summed E-state index contributed by atoms with van der Waals surface area (Å²) < 4.78 is 0. The number of hydrogen-bond acceptors (Lipinski definition) is 4. The highest BCUT2D eigenvalue weighted by molar-refractivity contribution is 8.05. The Hall–Kier alpha value is -2.95. The van der Waals surface area contributed by atoms with E-state index >= 15 is 0 Å². The number of benzene rings is 3. The van der Waals surface area contributed by atoms with Crippen LogP contribution in [0.1, 0.15) is 5.56 Å². The number of nitriles is 1. The molecule has 1 N–H and O–H groups in total. The second-order valence-corrected chi connectivity index (χ2v) is 9.77. The number of para-hydroxylation sites is 1. The van der Waals surface area contributed by atoms with E-state index in [1.807, 2.05) is 12.1 Å². The van der Waals surface area contributed by atoms with E-state index in [1.54, 1.807) is 66.7 Å². The first-order valence-electron chi connectivity index (χ1n) is 10.1. The van der Waals surface area contributed by atoms with Crippen molar-refractivity contribution in [1.29, 1.82) is 5.26 Å². The minimum atomic E-state index is -0.629. The lowest BCUT2D eigenvalue weighted by Crippen LogP contribution is -2.30. The lowest BCUT2D eigenvalue weighted by atomic mass is 10.1. The monoisotopic (exact) mass is 527 g/mol. The number of hydrogen-bond donors (Lipinski definition) is 1. The molecule has 4 rings (SSSR count). The molecule has 3 aromatic rings. The van der Waals surface area contributed by atoms with Crippen LogP contribution in [0.15, 0.2) is 83.4 Å². The molecule has 1 fully saturated rings. The third-order valence-corrected chi connectivity index (χ3v) is 7.24. The zero-order valence-corrected chi connectivity index (χ0v) is 20.6. The molecule has 170 valence electrons. The molecule has 1 aliphatic heterocycles. The lowest BCUT2D eigenvalue weighted by molar-refractivity contribution is -0.117. The molecule has 0 saturated carbocycles. The normalized spacial score (nSPS) is 16.8. The van der Waals surface area contributed by atoms with Crippen LogP contribution in [-0.2, 0) is 16.0 Å². The quantitative estimate of drug-likeness (QED) is 0.295. The Bertz CT molecular complexity index is 1340. The summed E-state index contributed by atoms with van der Waals surface area (Å²) in [5, 5.41) is 13.6. The molecular formula is C25H16Cl3N3O2S. The fourth-order valence-corrected chi connectivity index (χ4v) is 5.26. The number of amides is 2. The molecule has 2 amide bonds. The first-order chi connectivity index (χ1) is 16.4. The summed E-state index contributed by atoms with van der Waals surface area (Å²) in [6.45, 7) is 0. The zero-order valence-electron chi connectivity index (χ0n) is 17.5. The number of halogens is 3. The van der Waals surface area contributed by atoms with Crippen LogP contribution in [0.5, 0.6) is 0 Å². The van der Waals surface area contributed by atoms with Crippen molar-refractivity contribution < 1.29 is 9.59 Å². The summed E-state index contributed by atoms with van der Waals surface area (Å²) in [5.74, 6) is -0.864. The number of carbonyl (C=O) groups excluding carboxylic acids is 2. The van der Waals surface area contributed by atoms with Gasteiger partial charge in [0.1, 0.15) is 16.7 Å². The van der Waals surface area contributed by atoms with Gasteiger partial charge in [0, 0.05) is 16.4 Å². The maximum absolute atomic E-state index is 13.5. The van der Waals surface area contributed by atoms with Crippen LogP contribution in [0, 0.1) is 11.3 Å². The van der Waals surface area contributed by atoms with E-state index in [1.165, 1.54) is 16.7 Å². The van der Waals surface area contributed by atoms with E-state index in [0.717, 1.165) is 5.56 Å². The molecule has 0 aliphatic carbocycles. The van der Waals surface area contributed by atoms with Crippen LogP contribution >= 0.6 is 46.6 Å². The van der Waals surface area contributed by atoms with Crippen molar-refractivity contribution in [3.63, 3.8) is 0 Å². The second-order valence-electron chi connectivity index (χ2n) is 7.32. The molecule has 1 aliphatic rings. The molecular weight excluding hydrogens is 513 g/mol. The van der Waals surface area contributed by atoms with Gasteiger partial charge < -0.3 is 5.32 Å². The number of rotatable bonds is 5. The maximum atomic E-state index is 13.5. The topological polar surface area (TPSA) is 73.2 Å². The van der Waals surface area contributed by atoms with E-state index in [-0.39, 0.29) is 16.5 Å². The van der Waals surface area contributed by atoms with Crippen molar-refractivity contribution >= 4 is 69.8 Å². The molecule has 0 radical (unpaired) electrons. The first-order valence-corrected chi connectivity index (χ1v) is 12.1. The minimum Gasteiger partial charge on any atom is -0.321 e. The van der Waals surface area contributed by atoms with Crippen molar-refractivity contribution in [2.24, 2.45) is 0 Å². The third-order valence-electron chi connectivity index (χ3n) is 5.01. The summed E-state index contributed by atoms with van der Waals surface area (Å²) in [6.07, 6.45) is 0.349. The highest BCUT2D eigenvalue weighted by Gasteiger charge is 2.40. The molecule has 1 atom stereocenters. The second kappa shape index (κ2) is 10.5. The molecule has 9 heteroatoms. The predicted molar refractivity (Wildman–Crippen MR) is 138 cm³/mol. The van der Waals surface area contributed by atoms with Gasteiger partial charge in [0.05, 0.1) is 15.3 Å². The summed E-state index contributed by atoms with van der Waals surface area (Å²) in [6, 6.07) is 22.7. The molecule has 1 heterocycles. The van der Waals surface area contributed by atoms with E-state index in [0.29, 0.717) is 32.9 Å². The van der Waals surface area contributed by atoms with Gasteiger partial charge in [0.15, 0.2) is 0 Å². The van der Waals surface area contributed by atoms with Crippen molar-refractivity contribution in [2.75, 3.05) is 10.2 Å². The van der Waals surface area contributed by atoms with Gasteiger partial charge in [0.25, 0.3) is 5.91 Å². The summed E-state index contributed by atoms with van der Waals surface area (Å²) in [7, 11) is 0. The Balaban J connectivity index is 1.71.